The van der Waals surface area contributed by atoms with Crippen molar-refractivity contribution in [2.45, 2.75) is 71.4 Å². The fourth-order valence-electron chi connectivity index (χ4n) is 3.20. The topological polar surface area (TPSA) is 64.6 Å². The summed E-state index contributed by atoms with van der Waals surface area (Å²) in [5, 5.41) is 2.93. The van der Waals surface area contributed by atoms with Crippen LogP contribution >= 0.6 is 0 Å². The van der Waals surface area contributed by atoms with Crippen LogP contribution in [-0.4, -0.2) is 30.6 Å². The smallest absolute Gasteiger partial charge is 0.344 e. The molecule has 0 heterocycles. The van der Waals surface area contributed by atoms with Gasteiger partial charge in [0, 0.05) is 6.04 Å². The van der Waals surface area contributed by atoms with E-state index in [1.54, 1.807) is 6.92 Å². The summed E-state index contributed by atoms with van der Waals surface area (Å²) in [5.41, 5.74) is 2.39. The van der Waals surface area contributed by atoms with Crippen molar-refractivity contribution in [2.75, 3.05) is 6.61 Å². The van der Waals surface area contributed by atoms with Crippen molar-refractivity contribution in [1.82, 2.24) is 5.32 Å². The number of hydrogen-bond acceptors (Lipinski definition) is 4. The van der Waals surface area contributed by atoms with E-state index < -0.39 is 12.1 Å². The standard InChI is InChI=1S/C20H29NO4/c1-13(2)18-10-9-17(11-14(18)3)24-12-19(22)25-15(4)20(23)21-16-7-5-6-8-16/h9-11,13,15-16H,5-8,12H2,1-4H3,(H,21,23)/t15-/m0/s1. The molecule has 138 valence electrons. The van der Waals surface area contributed by atoms with Crippen LogP contribution in [0.3, 0.4) is 0 Å². The third-order valence-electron chi connectivity index (χ3n) is 4.60. The first-order valence-electron chi connectivity index (χ1n) is 9.10. The van der Waals surface area contributed by atoms with Crippen LogP contribution in [-0.2, 0) is 14.3 Å². The normalized spacial score (nSPS) is 15.9. The van der Waals surface area contributed by atoms with Gasteiger partial charge in [-0.05, 0) is 55.9 Å². The van der Waals surface area contributed by atoms with Gasteiger partial charge in [0.15, 0.2) is 12.7 Å². The monoisotopic (exact) mass is 347 g/mol. The van der Waals surface area contributed by atoms with Gasteiger partial charge in [0.25, 0.3) is 5.91 Å². The van der Waals surface area contributed by atoms with Crippen LogP contribution in [0.15, 0.2) is 18.2 Å². The van der Waals surface area contributed by atoms with Gasteiger partial charge in [-0.1, -0.05) is 32.8 Å². The highest BCUT2D eigenvalue weighted by molar-refractivity contribution is 5.83. The average Bonchev–Trinajstić information content (AvgIpc) is 3.05. The molecule has 5 heteroatoms. The van der Waals surface area contributed by atoms with Crippen LogP contribution in [0.4, 0.5) is 0 Å². The molecule has 0 saturated heterocycles. The SMILES string of the molecule is Cc1cc(OCC(=O)O[C@@H](C)C(=O)NC2CCCC2)ccc1C(C)C. The summed E-state index contributed by atoms with van der Waals surface area (Å²) in [6.07, 6.45) is 3.48. The van der Waals surface area contributed by atoms with Crippen molar-refractivity contribution < 1.29 is 19.1 Å². The predicted octanol–water partition coefficient (Wildman–Crippen LogP) is 3.49. The molecule has 1 amide bonds. The molecule has 0 bridgehead atoms. The first kappa shape index (κ1) is 19.3. The molecule has 1 saturated carbocycles. The molecule has 5 nitrogen and oxygen atoms in total. The van der Waals surface area contributed by atoms with E-state index >= 15 is 0 Å². The number of esters is 1. The Hall–Kier alpha value is -2.04. The lowest BCUT2D eigenvalue weighted by Crippen LogP contribution is -2.41. The molecule has 0 unspecified atom stereocenters. The van der Waals surface area contributed by atoms with Crippen LogP contribution in [0, 0.1) is 6.92 Å². The number of hydrogen-bond donors (Lipinski definition) is 1. The van der Waals surface area contributed by atoms with Crippen molar-refractivity contribution in [3.05, 3.63) is 29.3 Å². The lowest BCUT2D eigenvalue weighted by Gasteiger charge is -2.17. The van der Waals surface area contributed by atoms with E-state index in [1.165, 1.54) is 5.56 Å². The van der Waals surface area contributed by atoms with E-state index in [9.17, 15) is 9.59 Å². The Kier molecular flexibility index (Phi) is 6.85. The molecule has 1 fully saturated rings. The Morgan fingerprint density at radius 3 is 2.48 bits per heavy atom. The summed E-state index contributed by atoms with van der Waals surface area (Å²) in [6.45, 7) is 7.68. The van der Waals surface area contributed by atoms with E-state index in [4.69, 9.17) is 9.47 Å². The van der Waals surface area contributed by atoms with Gasteiger partial charge in [0.05, 0.1) is 0 Å². The summed E-state index contributed by atoms with van der Waals surface area (Å²) in [5.74, 6) is 0.289. The van der Waals surface area contributed by atoms with Gasteiger partial charge in [-0.2, -0.15) is 0 Å². The number of amides is 1. The van der Waals surface area contributed by atoms with Gasteiger partial charge in [-0.25, -0.2) is 4.79 Å². The molecule has 25 heavy (non-hydrogen) atoms. The highest BCUT2D eigenvalue weighted by Gasteiger charge is 2.23. The van der Waals surface area contributed by atoms with Gasteiger partial charge in [-0.3, -0.25) is 4.79 Å². The second-order valence-electron chi connectivity index (χ2n) is 7.08. The second-order valence-corrected chi connectivity index (χ2v) is 7.08. The largest absolute Gasteiger partial charge is 0.482 e. The Morgan fingerprint density at radius 1 is 1.20 bits per heavy atom. The van der Waals surface area contributed by atoms with Crippen LogP contribution in [0.5, 0.6) is 5.75 Å². The fourth-order valence-corrected chi connectivity index (χ4v) is 3.20. The Labute approximate surface area is 150 Å². The van der Waals surface area contributed by atoms with E-state index in [-0.39, 0.29) is 18.6 Å². The minimum absolute atomic E-state index is 0.207. The molecule has 2 rings (SSSR count). The third kappa shape index (κ3) is 5.76. The molecule has 0 aromatic heterocycles. The molecule has 0 spiro atoms. The summed E-state index contributed by atoms with van der Waals surface area (Å²) >= 11 is 0. The first-order valence-corrected chi connectivity index (χ1v) is 9.10. The Balaban J connectivity index is 1.77. The maximum absolute atomic E-state index is 12.0. The van der Waals surface area contributed by atoms with Crippen LogP contribution < -0.4 is 10.1 Å². The molecule has 0 radical (unpaired) electrons. The molecule has 0 aliphatic heterocycles. The first-order chi connectivity index (χ1) is 11.9. The van der Waals surface area contributed by atoms with Crippen molar-refractivity contribution >= 4 is 11.9 Å². The highest BCUT2D eigenvalue weighted by Crippen LogP contribution is 2.23. The van der Waals surface area contributed by atoms with Crippen LogP contribution in [0.25, 0.3) is 0 Å². The number of aryl methyl sites for hydroxylation is 1. The molecular weight excluding hydrogens is 318 g/mol. The minimum Gasteiger partial charge on any atom is -0.482 e. The average molecular weight is 347 g/mol. The third-order valence-corrected chi connectivity index (χ3v) is 4.60. The van der Waals surface area contributed by atoms with Crippen molar-refractivity contribution in [2.24, 2.45) is 0 Å². The van der Waals surface area contributed by atoms with E-state index in [0.29, 0.717) is 11.7 Å². The maximum Gasteiger partial charge on any atom is 0.344 e. The summed E-state index contributed by atoms with van der Waals surface area (Å²) in [4.78, 5) is 23.9. The molecular formula is C20H29NO4. The lowest BCUT2D eigenvalue weighted by atomic mass is 9.98. The van der Waals surface area contributed by atoms with E-state index in [2.05, 4.69) is 19.2 Å². The zero-order valence-corrected chi connectivity index (χ0v) is 15.6. The number of carbonyl (C=O) groups is 2. The fraction of sp³-hybridized carbons (Fsp3) is 0.600. The van der Waals surface area contributed by atoms with Gasteiger partial charge in [-0.15, -0.1) is 0 Å². The molecule has 1 aromatic rings. The Bertz CT molecular complexity index is 606. The van der Waals surface area contributed by atoms with Crippen LogP contribution in [0.2, 0.25) is 0 Å². The quantitative estimate of drug-likeness (QED) is 0.767. The summed E-state index contributed by atoms with van der Waals surface area (Å²) < 4.78 is 10.7. The van der Waals surface area contributed by atoms with E-state index in [0.717, 1.165) is 31.2 Å². The lowest BCUT2D eigenvalue weighted by molar-refractivity contribution is -0.156. The molecule has 1 aliphatic rings. The maximum atomic E-state index is 12.0. The summed E-state index contributed by atoms with van der Waals surface area (Å²) in [7, 11) is 0. The Morgan fingerprint density at radius 2 is 1.88 bits per heavy atom. The number of ether oxygens (including phenoxy) is 2. The highest BCUT2D eigenvalue weighted by atomic mass is 16.6. The summed E-state index contributed by atoms with van der Waals surface area (Å²) in [6, 6.07) is 6.00. The minimum atomic E-state index is -0.804. The molecule has 1 aromatic carbocycles. The second kappa shape index (κ2) is 8.88. The van der Waals surface area contributed by atoms with Gasteiger partial charge >= 0.3 is 5.97 Å². The number of benzene rings is 1. The predicted molar refractivity (Wildman–Crippen MR) is 96.7 cm³/mol. The van der Waals surface area contributed by atoms with Crippen LogP contribution in [0.1, 0.15) is 63.5 Å². The van der Waals surface area contributed by atoms with Gasteiger partial charge < -0.3 is 14.8 Å². The molecule has 1 aliphatic carbocycles. The molecule has 1 atom stereocenters. The van der Waals surface area contributed by atoms with Crippen molar-refractivity contribution in [3.63, 3.8) is 0 Å². The van der Waals surface area contributed by atoms with Crippen molar-refractivity contribution in [3.8, 4) is 5.75 Å². The zero-order valence-electron chi connectivity index (χ0n) is 15.6. The van der Waals surface area contributed by atoms with Gasteiger partial charge in [0.2, 0.25) is 0 Å². The van der Waals surface area contributed by atoms with Gasteiger partial charge in [0.1, 0.15) is 5.75 Å². The number of nitrogens with one attached hydrogen (secondary N) is 1. The number of rotatable bonds is 7. The number of carbonyl (C=O) groups excluding carboxylic acids is 2. The van der Waals surface area contributed by atoms with Crippen molar-refractivity contribution in [1.29, 1.82) is 0 Å². The zero-order chi connectivity index (χ0) is 18.4. The van der Waals surface area contributed by atoms with E-state index in [1.807, 2.05) is 25.1 Å². The molecule has 1 N–H and O–H groups in total.